The van der Waals surface area contributed by atoms with Crippen LogP contribution in [0.15, 0.2) is 23.3 Å². The fourth-order valence-electron chi connectivity index (χ4n) is 4.10. The number of nitrogen functional groups attached to an aromatic ring is 1. The molecule has 0 radical (unpaired) electrons. The van der Waals surface area contributed by atoms with Crippen LogP contribution in [-0.4, -0.2) is 68.7 Å². The number of nitrogens with one attached hydrogen (secondary N) is 1. The molecule has 5 atom stereocenters. The quantitative estimate of drug-likeness (QED) is 0.212. The van der Waals surface area contributed by atoms with Crippen LogP contribution in [-0.2, 0) is 29.5 Å². The monoisotopic (exact) mass is 540 g/mol. The van der Waals surface area contributed by atoms with Gasteiger partial charge in [0.2, 0.25) is 5.95 Å². The Kier molecular flexibility index (Phi) is 6.35. The number of methoxy groups -OCH3 is 2. The minimum Gasteiger partial charge on any atom is -0.493 e. The van der Waals surface area contributed by atoms with E-state index in [2.05, 4.69) is 15.0 Å². The second-order valence-electron chi connectivity index (χ2n) is 8.01. The van der Waals surface area contributed by atoms with Crippen LogP contribution < -0.4 is 20.8 Å². The van der Waals surface area contributed by atoms with Crippen molar-refractivity contribution in [3.05, 3.63) is 44.5 Å². The third kappa shape index (κ3) is 4.41. The number of fused-ring (bicyclic) bond motifs is 2. The van der Waals surface area contributed by atoms with Crippen LogP contribution in [0.25, 0.3) is 11.2 Å². The summed E-state index contributed by atoms with van der Waals surface area (Å²) in [7, 11) is -1.62. The van der Waals surface area contributed by atoms with Gasteiger partial charge in [-0.25, -0.2) is 9.55 Å². The van der Waals surface area contributed by atoms with Gasteiger partial charge in [0.1, 0.15) is 18.3 Å². The van der Waals surface area contributed by atoms with E-state index in [0.29, 0.717) is 0 Å². The third-order valence-corrected chi connectivity index (χ3v) is 7.25. The molecule has 17 nitrogen and oxygen atoms in total. The van der Waals surface area contributed by atoms with Gasteiger partial charge in [-0.1, -0.05) is 0 Å². The number of imidazole rings is 1. The summed E-state index contributed by atoms with van der Waals surface area (Å²) in [6.45, 7) is -0.823. The zero-order valence-corrected chi connectivity index (χ0v) is 20.2. The summed E-state index contributed by atoms with van der Waals surface area (Å²) in [5.74, 6) is 0.157. The van der Waals surface area contributed by atoms with E-state index in [1.165, 1.54) is 31.2 Å². The van der Waals surface area contributed by atoms with Crippen molar-refractivity contribution >= 4 is 30.6 Å². The first-order chi connectivity index (χ1) is 17.6. The van der Waals surface area contributed by atoms with Gasteiger partial charge in [-0.15, -0.1) is 0 Å². The van der Waals surface area contributed by atoms with Gasteiger partial charge in [-0.2, -0.15) is 4.98 Å². The molecule has 4 heterocycles. The van der Waals surface area contributed by atoms with Gasteiger partial charge >= 0.3 is 7.82 Å². The van der Waals surface area contributed by atoms with Crippen LogP contribution in [0.3, 0.4) is 0 Å². The largest absolute Gasteiger partial charge is 0.493 e. The Morgan fingerprint density at radius 3 is 2.78 bits per heavy atom. The molecule has 2 aromatic heterocycles. The van der Waals surface area contributed by atoms with E-state index in [1.807, 2.05) is 0 Å². The summed E-state index contributed by atoms with van der Waals surface area (Å²) < 4.78 is 46.7. The van der Waals surface area contributed by atoms with Crippen LogP contribution in [0.4, 0.5) is 11.6 Å². The van der Waals surface area contributed by atoms with E-state index in [1.54, 1.807) is 0 Å². The molecule has 0 saturated carbocycles. The van der Waals surface area contributed by atoms with E-state index < -0.39 is 49.5 Å². The van der Waals surface area contributed by atoms with Gasteiger partial charge < -0.3 is 25.1 Å². The number of hydrogen-bond donors (Lipinski definition) is 3. The lowest BCUT2D eigenvalue weighted by atomic mass is 10.1. The third-order valence-electron chi connectivity index (χ3n) is 5.84. The minimum absolute atomic E-state index is 0.0204. The first-order valence-corrected chi connectivity index (χ1v) is 12.1. The lowest BCUT2D eigenvalue weighted by Crippen LogP contribution is -2.39. The smallest absolute Gasteiger partial charge is 0.475 e. The molecular formula is C19H21N6O11P. The number of nitro groups is 1. The number of phosphoric ester groups is 1. The minimum atomic E-state index is -4.30. The molecule has 5 rings (SSSR count). The number of benzene rings is 1. The number of anilines is 1. The zero-order chi connectivity index (χ0) is 26.5. The Bertz CT molecular complexity index is 1470. The first kappa shape index (κ1) is 25.1. The number of aromatic amines is 1. The summed E-state index contributed by atoms with van der Waals surface area (Å²) in [4.78, 5) is 33.3. The number of nitro benzene ring substituents is 1. The summed E-state index contributed by atoms with van der Waals surface area (Å²) in [6, 6.07) is 2.45. The second kappa shape index (κ2) is 9.37. The zero-order valence-electron chi connectivity index (χ0n) is 19.3. The normalized spacial score (nSPS) is 27.2. The van der Waals surface area contributed by atoms with Crippen LogP contribution in [0.1, 0.15) is 11.8 Å². The van der Waals surface area contributed by atoms with E-state index >= 15 is 0 Å². The lowest BCUT2D eigenvalue weighted by molar-refractivity contribution is -0.385. The number of hydrogen-bond acceptors (Lipinski definition) is 14. The number of phosphoric acid groups is 1. The van der Waals surface area contributed by atoms with Crippen LogP contribution in [0, 0.1) is 10.1 Å². The van der Waals surface area contributed by atoms with Crippen molar-refractivity contribution in [1.82, 2.24) is 19.5 Å². The summed E-state index contributed by atoms with van der Waals surface area (Å²) in [5.41, 5.74) is 4.73. The number of aliphatic hydroxyl groups is 1. The fourth-order valence-corrected chi connectivity index (χ4v) is 5.48. The van der Waals surface area contributed by atoms with Crippen molar-refractivity contribution in [3.63, 3.8) is 0 Å². The lowest BCUT2D eigenvalue weighted by Gasteiger charge is -2.30. The maximum atomic E-state index is 13.2. The van der Waals surface area contributed by atoms with Gasteiger partial charge in [0.05, 0.1) is 50.3 Å². The van der Waals surface area contributed by atoms with E-state index in [9.17, 15) is 24.6 Å². The van der Waals surface area contributed by atoms with Gasteiger partial charge in [-0.05, 0) is 6.07 Å². The van der Waals surface area contributed by atoms with Gasteiger partial charge in [-0.3, -0.25) is 38.0 Å². The highest BCUT2D eigenvalue weighted by molar-refractivity contribution is 7.48. The van der Waals surface area contributed by atoms with Gasteiger partial charge in [0.25, 0.3) is 11.2 Å². The number of nitrogens with two attached hydrogens (primary N) is 1. The maximum absolute atomic E-state index is 13.2. The van der Waals surface area contributed by atoms with Crippen LogP contribution in [0.2, 0.25) is 0 Å². The highest BCUT2D eigenvalue weighted by Crippen LogP contribution is 2.57. The van der Waals surface area contributed by atoms with Crippen molar-refractivity contribution in [2.75, 3.05) is 26.6 Å². The molecule has 3 aromatic rings. The standard InChI is InChI=1S/C19H21N6O11P/c1-31-10-3-8(9(25(28)29)4-11(10)32-2)5-33-37(30)34-6-12-15(36-37)14(26)18(35-12)24-7-21-13-16(24)22-19(20)23-17(13)27/h3-4,7,12,14-15,18,26H,5-6H2,1-2H3,(H3,20,22,23,27). The summed E-state index contributed by atoms with van der Waals surface area (Å²) in [6.07, 6.45) is -3.32. The maximum Gasteiger partial charge on any atom is 0.475 e. The van der Waals surface area contributed by atoms with E-state index in [0.717, 1.165) is 6.07 Å². The first-order valence-electron chi connectivity index (χ1n) is 10.7. The molecule has 2 aliphatic rings. The van der Waals surface area contributed by atoms with E-state index in [4.69, 9.17) is 33.5 Å². The van der Waals surface area contributed by atoms with Crippen molar-refractivity contribution in [2.24, 2.45) is 0 Å². The molecule has 1 aromatic carbocycles. The molecule has 0 spiro atoms. The molecule has 2 saturated heterocycles. The van der Waals surface area contributed by atoms with Crippen molar-refractivity contribution < 1.29 is 42.4 Å². The molecule has 198 valence electrons. The molecule has 5 unspecified atom stereocenters. The summed E-state index contributed by atoms with van der Waals surface area (Å²) >= 11 is 0. The number of aliphatic hydroxyl groups excluding tert-OH is 1. The molecule has 2 fully saturated rings. The number of nitrogens with zero attached hydrogens (tertiary/aromatic N) is 4. The number of H-pyrrole nitrogens is 1. The highest BCUT2D eigenvalue weighted by atomic mass is 31.2. The second-order valence-corrected chi connectivity index (χ2v) is 9.63. The SMILES string of the molecule is COc1cc(COP2(=O)OCC3OC(n4cnc5c(=O)[nH]c(N)nc54)C(O)C3O2)c([N+](=O)[O-])cc1OC. The van der Waals surface area contributed by atoms with Gasteiger partial charge in [0, 0.05) is 0 Å². The van der Waals surface area contributed by atoms with Crippen LogP contribution in [0.5, 0.6) is 11.5 Å². The van der Waals surface area contributed by atoms with Crippen molar-refractivity contribution in [3.8, 4) is 11.5 Å². The molecule has 0 amide bonds. The number of ether oxygens (including phenoxy) is 3. The number of aromatic nitrogens is 4. The topological polar surface area (TPSA) is 225 Å². The Morgan fingerprint density at radius 1 is 1.35 bits per heavy atom. The summed E-state index contributed by atoms with van der Waals surface area (Å²) in [5, 5.41) is 22.4. The molecular weight excluding hydrogens is 519 g/mol. The van der Waals surface area contributed by atoms with Gasteiger partial charge in [0.15, 0.2) is 28.9 Å². The Labute approximate surface area is 206 Å². The molecule has 37 heavy (non-hydrogen) atoms. The molecule has 4 N–H and O–H groups in total. The fraction of sp³-hybridized carbons (Fsp3) is 0.421. The predicted molar refractivity (Wildman–Crippen MR) is 122 cm³/mol. The molecule has 0 aliphatic carbocycles. The number of rotatable bonds is 7. The Morgan fingerprint density at radius 2 is 2.08 bits per heavy atom. The molecule has 18 heteroatoms. The predicted octanol–water partition coefficient (Wildman–Crippen LogP) is 0.626. The van der Waals surface area contributed by atoms with E-state index in [-0.39, 0.29) is 46.5 Å². The Balaban J connectivity index is 1.35. The molecule has 2 aliphatic heterocycles. The van der Waals surface area contributed by atoms with Crippen molar-refractivity contribution in [1.29, 1.82) is 0 Å². The molecule has 0 bridgehead atoms. The Hall–Kier alpha value is -3.60. The average molecular weight is 540 g/mol. The average Bonchev–Trinajstić information content (AvgIpc) is 3.42. The highest BCUT2D eigenvalue weighted by Gasteiger charge is 2.53. The van der Waals surface area contributed by atoms with Crippen LogP contribution >= 0.6 is 7.82 Å². The van der Waals surface area contributed by atoms with Crippen molar-refractivity contribution in [2.45, 2.75) is 31.1 Å².